The lowest BCUT2D eigenvalue weighted by Gasteiger charge is -2.09. The van der Waals surface area contributed by atoms with Crippen molar-refractivity contribution in [1.29, 1.82) is 0 Å². The Morgan fingerprint density at radius 1 is 1.05 bits per heavy atom. The summed E-state index contributed by atoms with van der Waals surface area (Å²) in [6.07, 6.45) is 1.82. The van der Waals surface area contributed by atoms with E-state index in [1.807, 2.05) is 38.2 Å². The van der Waals surface area contributed by atoms with Crippen molar-refractivity contribution in [3.05, 3.63) is 36.2 Å². The smallest absolute Gasteiger partial charge is 0.224 e. The predicted molar refractivity (Wildman–Crippen MR) is 83.3 cm³/mol. The third kappa shape index (κ3) is 4.34. The zero-order chi connectivity index (χ0) is 15.1. The van der Waals surface area contributed by atoms with Gasteiger partial charge < -0.3 is 14.8 Å². The van der Waals surface area contributed by atoms with Gasteiger partial charge in [-0.05, 0) is 37.6 Å². The second-order valence-electron chi connectivity index (χ2n) is 4.51. The maximum absolute atomic E-state index is 5.79. The number of nitrogens with one attached hydrogen (secondary N) is 1. The Balaban J connectivity index is 2.15. The summed E-state index contributed by atoms with van der Waals surface area (Å²) >= 11 is 0. The second kappa shape index (κ2) is 7.47. The fourth-order valence-electron chi connectivity index (χ4n) is 1.88. The van der Waals surface area contributed by atoms with Crippen LogP contribution in [-0.4, -0.2) is 23.6 Å². The number of aryl methyl sites for hydroxylation is 1. The Labute approximate surface area is 125 Å². The van der Waals surface area contributed by atoms with Crippen molar-refractivity contribution in [2.45, 2.75) is 26.7 Å². The van der Waals surface area contributed by atoms with Gasteiger partial charge in [-0.3, -0.25) is 0 Å². The minimum absolute atomic E-state index is 0.543. The van der Waals surface area contributed by atoms with E-state index in [0.717, 1.165) is 36.0 Å². The topological polar surface area (TPSA) is 56.3 Å². The predicted octanol–water partition coefficient (Wildman–Crippen LogP) is 3.66. The first-order valence-corrected chi connectivity index (χ1v) is 7.21. The van der Waals surface area contributed by atoms with E-state index in [2.05, 4.69) is 22.2 Å². The summed E-state index contributed by atoms with van der Waals surface area (Å²) in [4.78, 5) is 8.82. The van der Waals surface area contributed by atoms with E-state index in [9.17, 15) is 0 Å². The minimum Gasteiger partial charge on any atom is -0.494 e. The molecule has 0 spiro atoms. The second-order valence-corrected chi connectivity index (χ2v) is 4.51. The van der Waals surface area contributed by atoms with Crippen molar-refractivity contribution in [1.82, 2.24) is 9.97 Å². The molecule has 1 aromatic heterocycles. The molecule has 0 bridgehead atoms. The van der Waals surface area contributed by atoms with Gasteiger partial charge in [0.05, 0.1) is 6.61 Å². The van der Waals surface area contributed by atoms with E-state index in [-0.39, 0.29) is 0 Å². The fraction of sp³-hybridized carbons (Fsp3) is 0.375. The highest BCUT2D eigenvalue weighted by Crippen LogP contribution is 2.24. The Hall–Kier alpha value is -2.30. The molecule has 1 aromatic carbocycles. The Morgan fingerprint density at radius 2 is 1.76 bits per heavy atom. The lowest BCUT2D eigenvalue weighted by molar-refractivity contribution is 0.339. The molecule has 5 nitrogen and oxygen atoms in total. The molecule has 2 rings (SSSR count). The van der Waals surface area contributed by atoms with Crippen LogP contribution in [0.25, 0.3) is 0 Å². The van der Waals surface area contributed by atoms with Gasteiger partial charge in [0.1, 0.15) is 23.1 Å². The molecule has 0 amide bonds. The van der Waals surface area contributed by atoms with E-state index in [4.69, 9.17) is 9.47 Å². The van der Waals surface area contributed by atoms with Crippen LogP contribution in [0.3, 0.4) is 0 Å². The molecule has 0 unspecified atom stereocenters. The number of rotatable bonds is 7. The molecule has 0 fully saturated rings. The van der Waals surface area contributed by atoms with E-state index >= 15 is 0 Å². The van der Waals surface area contributed by atoms with Crippen molar-refractivity contribution in [3.8, 4) is 17.4 Å². The normalized spacial score (nSPS) is 10.2. The van der Waals surface area contributed by atoms with Gasteiger partial charge in [-0.25, -0.2) is 4.98 Å². The van der Waals surface area contributed by atoms with Crippen LogP contribution in [0.4, 0.5) is 5.82 Å². The van der Waals surface area contributed by atoms with Crippen molar-refractivity contribution >= 4 is 5.82 Å². The number of aromatic nitrogens is 2. The molecular weight excluding hydrogens is 266 g/mol. The summed E-state index contributed by atoms with van der Waals surface area (Å²) in [6, 6.07) is 9.28. The van der Waals surface area contributed by atoms with E-state index in [1.54, 1.807) is 6.07 Å². The standard InChI is InChI=1S/C16H21N3O2/c1-4-6-14-18-15(17-3)11-16(19-14)21-13-9-7-12(8-10-13)20-5-2/h7-11H,4-6H2,1-3H3,(H,17,18,19). The van der Waals surface area contributed by atoms with Gasteiger partial charge in [0, 0.05) is 19.5 Å². The first kappa shape index (κ1) is 15.1. The summed E-state index contributed by atoms with van der Waals surface area (Å²) in [5.41, 5.74) is 0. The van der Waals surface area contributed by atoms with Crippen LogP contribution in [-0.2, 0) is 6.42 Å². The molecule has 0 radical (unpaired) electrons. The highest BCUT2D eigenvalue weighted by atomic mass is 16.5. The van der Waals surface area contributed by atoms with Crippen LogP contribution >= 0.6 is 0 Å². The first-order valence-electron chi connectivity index (χ1n) is 7.21. The monoisotopic (exact) mass is 287 g/mol. The number of benzene rings is 1. The molecule has 2 aromatic rings. The molecule has 21 heavy (non-hydrogen) atoms. The van der Waals surface area contributed by atoms with Gasteiger partial charge in [0.15, 0.2) is 0 Å². The van der Waals surface area contributed by atoms with Crippen LogP contribution in [0.2, 0.25) is 0 Å². The fourth-order valence-corrected chi connectivity index (χ4v) is 1.88. The average molecular weight is 287 g/mol. The number of hydrogen-bond acceptors (Lipinski definition) is 5. The molecule has 0 atom stereocenters. The zero-order valence-electron chi connectivity index (χ0n) is 12.7. The molecule has 0 aliphatic carbocycles. The molecular formula is C16H21N3O2. The molecule has 112 valence electrons. The molecule has 0 saturated carbocycles. The van der Waals surface area contributed by atoms with Crippen LogP contribution in [0.1, 0.15) is 26.1 Å². The first-order chi connectivity index (χ1) is 10.2. The van der Waals surface area contributed by atoms with E-state index in [1.165, 1.54) is 0 Å². The SMILES string of the molecule is CCCc1nc(NC)cc(Oc2ccc(OCC)cc2)n1. The highest BCUT2D eigenvalue weighted by molar-refractivity contribution is 5.40. The molecule has 0 aliphatic rings. The summed E-state index contributed by atoms with van der Waals surface area (Å²) in [5.74, 6) is 3.64. The summed E-state index contributed by atoms with van der Waals surface area (Å²) in [7, 11) is 1.83. The molecule has 0 aliphatic heterocycles. The Kier molecular flexibility index (Phi) is 5.37. The maximum atomic E-state index is 5.79. The van der Waals surface area contributed by atoms with Gasteiger partial charge >= 0.3 is 0 Å². The molecule has 1 heterocycles. The van der Waals surface area contributed by atoms with Gasteiger partial charge in [-0.2, -0.15) is 4.98 Å². The lowest BCUT2D eigenvalue weighted by Crippen LogP contribution is -2.01. The van der Waals surface area contributed by atoms with E-state index in [0.29, 0.717) is 12.5 Å². The van der Waals surface area contributed by atoms with Crippen molar-refractivity contribution in [2.24, 2.45) is 0 Å². The highest BCUT2D eigenvalue weighted by Gasteiger charge is 2.06. The molecule has 0 saturated heterocycles. The quantitative estimate of drug-likeness (QED) is 0.842. The van der Waals surface area contributed by atoms with Gasteiger partial charge in [0.25, 0.3) is 0 Å². The van der Waals surface area contributed by atoms with Gasteiger partial charge in [-0.15, -0.1) is 0 Å². The largest absolute Gasteiger partial charge is 0.494 e. The van der Waals surface area contributed by atoms with Crippen LogP contribution in [0.15, 0.2) is 30.3 Å². The molecule has 5 heteroatoms. The molecule has 1 N–H and O–H groups in total. The number of hydrogen-bond donors (Lipinski definition) is 1. The Bertz CT molecular complexity index is 570. The van der Waals surface area contributed by atoms with Gasteiger partial charge in [-0.1, -0.05) is 6.92 Å². The maximum Gasteiger partial charge on any atom is 0.224 e. The zero-order valence-corrected chi connectivity index (χ0v) is 12.7. The van der Waals surface area contributed by atoms with Crippen molar-refractivity contribution in [2.75, 3.05) is 19.0 Å². The number of ether oxygens (including phenoxy) is 2. The third-order valence-corrected chi connectivity index (χ3v) is 2.84. The summed E-state index contributed by atoms with van der Waals surface area (Å²) < 4.78 is 11.2. The van der Waals surface area contributed by atoms with Crippen LogP contribution in [0, 0.1) is 0 Å². The average Bonchev–Trinajstić information content (AvgIpc) is 2.49. The Morgan fingerprint density at radius 3 is 2.38 bits per heavy atom. The van der Waals surface area contributed by atoms with Crippen molar-refractivity contribution < 1.29 is 9.47 Å². The minimum atomic E-state index is 0.543. The number of nitrogens with zero attached hydrogens (tertiary/aromatic N) is 2. The summed E-state index contributed by atoms with van der Waals surface area (Å²) in [6.45, 7) is 4.71. The third-order valence-electron chi connectivity index (χ3n) is 2.84. The summed E-state index contributed by atoms with van der Waals surface area (Å²) in [5, 5.41) is 3.03. The van der Waals surface area contributed by atoms with E-state index < -0.39 is 0 Å². The van der Waals surface area contributed by atoms with Crippen LogP contribution in [0.5, 0.6) is 17.4 Å². The van der Waals surface area contributed by atoms with Crippen LogP contribution < -0.4 is 14.8 Å². The van der Waals surface area contributed by atoms with Gasteiger partial charge in [0.2, 0.25) is 5.88 Å². The lowest BCUT2D eigenvalue weighted by atomic mass is 10.3. The van der Waals surface area contributed by atoms with Crippen molar-refractivity contribution in [3.63, 3.8) is 0 Å². The number of anilines is 1.